The number of rotatable bonds is 4. The lowest BCUT2D eigenvalue weighted by molar-refractivity contribution is 0.0402. The van der Waals surface area contributed by atoms with E-state index in [9.17, 15) is 9.59 Å². The van der Waals surface area contributed by atoms with Gasteiger partial charge in [-0.1, -0.05) is 0 Å². The van der Waals surface area contributed by atoms with Crippen molar-refractivity contribution in [3.63, 3.8) is 0 Å². The molecule has 1 aromatic carbocycles. The number of carbonyl (C=O) groups excluding carboxylic acids is 2. The van der Waals surface area contributed by atoms with Crippen molar-refractivity contribution in [1.82, 2.24) is 5.32 Å². The highest BCUT2D eigenvalue weighted by molar-refractivity contribution is 5.89. The van der Waals surface area contributed by atoms with Crippen LogP contribution in [0.5, 0.6) is 5.75 Å². The van der Waals surface area contributed by atoms with Gasteiger partial charge in [-0.2, -0.15) is 0 Å². The number of phenolic OH excluding ortho intramolecular Hbond substituents is 1. The van der Waals surface area contributed by atoms with E-state index in [4.69, 9.17) is 9.84 Å². The maximum Gasteiger partial charge on any atom is 0.406 e. The van der Waals surface area contributed by atoms with Crippen molar-refractivity contribution >= 4 is 12.1 Å². The highest BCUT2D eigenvalue weighted by Crippen LogP contribution is 2.10. The quantitative estimate of drug-likeness (QED) is 0.602. The lowest BCUT2D eigenvalue weighted by Gasteiger charge is -2.05. The van der Waals surface area contributed by atoms with Crippen molar-refractivity contribution in [2.24, 2.45) is 0 Å². The molecule has 1 amide bonds. The van der Waals surface area contributed by atoms with Gasteiger partial charge in [0.25, 0.3) is 0 Å². The molecule has 0 radical (unpaired) electrons. The number of phenols is 1. The van der Waals surface area contributed by atoms with Crippen molar-refractivity contribution in [3.8, 4) is 5.75 Å². The fraction of sp³-hybridized carbons (Fsp3) is 0.273. The molecule has 0 spiro atoms. The molecule has 0 aromatic heterocycles. The van der Waals surface area contributed by atoms with Gasteiger partial charge in [0, 0.05) is 7.05 Å². The summed E-state index contributed by atoms with van der Waals surface area (Å²) < 4.78 is 9.47. The molecule has 92 valence electrons. The lowest BCUT2D eigenvalue weighted by Crippen LogP contribution is -2.22. The Hall–Kier alpha value is -2.24. The molecule has 0 saturated carbocycles. The van der Waals surface area contributed by atoms with Crippen LogP contribution in [0, 0.1) is 0 Å². The molecule has 0 heterocycles. The molecule has 0 aliphatic heterocycles. The van der Waals surface area contributed by atoms with Gasteiger partial charge in [-0.15, -0.1) is 0 Å². The Morgan fingerprint density at radius 3 is 2.35 bits per heavy atom. The van der Waals surface area contributed by atoms with Crippen LogP contribution in [0.3, 0.4) is 0 Å². The molecule has 2 N–H and O–H groups in total. The summed E-state index contributed by atoms with van der Waals surface area (Å²) in [5.41, 5.74) is 0.322. The molecule has 0 unspecified atom stereocenters. The van der Waals surface area contributed by atoms with Gasteiger partial charge in [0.2, 0.25) is 0 Å². The molecule has 6 nitrogen and oxygen atoms in total. The highest BCUT2D eigenvalue weighted by atomic mass is 16.6. The first-order valence-electron chi connectivity index (χ1n) is 4.94. The van der Waals surface area contributed by atoms with Crippen LogP contribution in [0.25, 0.3) is 0 Å². The monoisotopic (exact) mass is 239 g/mol. The van der Waals surface area contributed by atoms with E-state index >= 15 is 0 Å². The minimum Gasteiger partial charge on any atom is -0.508 e. The fourth-order valence-corrected chi connectivity index (χ4v) is 1.02. The smallest absolute Gasteiger partial charge is 0.406 e. The minimum absolute atomic E-state index is 0.0104. The van der Waals surface area contributed by atoms with E-state index in [-0.39, 0.29) is 19.0 Å². The molecule has 0 saturated heterocycles. The van der Waals surface area contributed by atoms with Gasteiger partial charge >= 0.3 is 12.1 Å². The van der Waals surface area contributed by atoms with Crippen LogP contribution in [-0.4, -0.2) is 37.4 Å². The molecular weight excluding hydrogens is 226 g/mol. The molecular formula is C11H13NO5. The van der Waals surface area contributed by atoms with Crippen LogP contribution in [0.1, 0.15) is 10.4 Å². The van der Waals surface area contributed by atoms with E-state index in [1.165, 1.54) is 31.3 Å². The van der Waals surface area contributed by atoms with Gasteiger partial charge in [0.05, 0.1) is 5.56 Å². The Labute approximate surface area is 98.2 Å². The number of amides is 1. The van der Waals surface area contributed by atoms with Crippen molar-refractivity contribution in [2.75, 3.05) is 20.3 Å². The first-order valence-corrected chi connectivity index (χ1v) is 4.94. The largest absolute Gasteiger partial charge is 0.508 e. The van der Waals surface area contributed by atoms with Crippen molar-refractivity contribution in [2.45, 2.75) is 0 Å². The third-order valence-corrected chi connectivity index (χ3v) is 1.86. The van der Waals surface area contributed by atoms with Gasteiger partial charge in [0.1, 0.15) is 19.0 Å². The van der Waals surface area contributed by atoms with Crippen LogP contribution in [0.2, 0.25) is 0 Å². The summed E-state index contributed by atoms with van der Waals surface area (Å²) in [6.07, 6.45) is -0.578. The zero-order valence-corrected chi connectivity index (χ0v) is 9.30. The van der Waals surface area contributed by atoms with Gasteiger partial charge in [0.15, 0.2) is 0 Å². The Balaban J connectivity index is 2.30. The first-order chi connectivity index (χ1) is 8.13. The van der Waals surface area contributed by atoms with E-state index in [2.05, 4.69) is 10.1 Å². The number of aromatic hydroxyl groups is 1. The molecule has 1 aromatic rings. The summed E-state index contributed by atoms with van der Waals surface area (Å²) in [5, 5.41) is 11.3. The summed E-state index contributed by atoms with van der Waals surface area (Å²) in [4.78, 5) is 22.1. The van der Waals surface area contributed by atoms with E-state index in [1.807, 2.05) is 0 Å². The number of carbonyl (C=O) groups is 2. The topological polar surface area (TPSA) is 84.9 Å². The highest BCUT2D eigenvalue weighted by Gasteiger charge is 2.07. The molecule has 0 fully saturated rings. The van der Waals surface area contributed by atoms with Crippen LogP contribution in [-0.2, 0) is 9.47 Å². The molecule has 0 atom stereocenters. The summed E-state index contributed by atoms with van der Waals surface area (Å²) in [6.45, 7) is -0.0311. The number of benzene rings is 1. The second kappa shape index (κ2) is 6.37. The Bertz CT molecular complexity index is 387. The maximum atomic E-state index is 11.4. The summed E-state index contributed by atoms with van der Waals surface area (Å²) in [6, 6.07) is 5.66. The van der Waals surface area contributed by atoms with Gasteiger partial charge in [-0.05, 0) is 24.3 Å². The summed E-state index contributed by atoms with van der Waals surface area (Å²) in [7, 11) is 1.44. The van der Waals surface area contributed by atoms with Crippen LogP contribution in [0.15, 0.2) is 24.3 Å². The number of esters is 1. The van der Waals surface area contributed by atoms with E-state index in [0.717, 1.165) is 0 Å². The Morgan fingerprint density at radius 2 is 1.76 bits per heavy atom. The average Bonchev–Trinajstić information content (AvgIpc) is 2.34. The van der Waals surface area contributed by atoms with Gasteiger partial charge < -0.3 is 19.9 Å². The molecule has 6 heteroatoms. The minimum atomic E-state index is -0.578. The molecule has 0 bridgehead atoms. The Kier molecular flexibility index (Phi) is 4.80. The fourth-order valence-electron chi connectivity index (χ4n) is 1.02. The van der Waals surface area contributed by atoms with Gasteiger partial charge in [-0.3, -0.25) is 0 Å². The predicted molar refractivity (Wildman–Crippen MR) is 58.8 cm³/mol. The number of nitrogens with one attached hydrogen (secondary N) is 1. The predicted octanol–water partition coefficient (Wildman–Crippen LogP) is 0.905. The van der Waals surface area contributed by atoms with Crippen molar-refractivity contribution in [3.05, 3.63) is 29.8 Å². The Morgan fingerprint density at radius 1 is 1.18 bits per heavy atom. The molecule has 0 aliphatic rings. The van der Waals surface area contributed by atoms with Crippen molar-refractivity contribution < 1.29 is 24.2 Å². The SMILES string of the molecule is CNC(=O)OCCOC(=O)c1ccc(O)cc1. The van der Waals surface area contributed by atoms with E-state index < -0.39 is 12.1 Å². The van der Waals surface area contributed by atoms with E-state index in [0.29, 0.717) is 5.56 Å². The summed E-state index contributed by atoms with van der Waals surface area (Å²) >= 11 is 0. The third-order valence-electron chi connectivity index (χ3n) is 1.86. The normalized spacial score (nSPS) is 9.47. The van der Waals surface area contributed by atoms with Crippen molar-refractivity contribution in [1.29, 1.82) is 0 Å². The zero-order chi connectivity index (χ0) is 12.7. The van der Waals surface area contributed by atoms with Crippen LogP contribution in [0.4, 0.5) is 4.79 Å². The van der Waals surface area contributed by atoms with Crippen LogP contribution >= 0.6 is 0 Å². The molecule has 0 aliphatic carbocycles. The van der Waals surface area contributed by atoms with E-state index in [1.54, 1.807) is 0 Å². The lowest BCUT2D eigenvalue weighted by atomic mass is 10.2. The molecule has 17 heavy (non-hydrogen) atoms. The second-order valence-electron chi connectivity index (χ2n) is 3.07. The number of hydrogen-bond acceptors (Lipinski definition) is 5. The van der Waals surface area contributed by atoms with Crippen LogP contribution < -0.4 is 5.32 Å². The maximum absolute atomic E-state index is 11.4. The van der Waals surface area contributed by atoms with Gasteiger partial charge in [-0.25, -0.2) is 9.59 Å². The summed E-state index contributed by atoms with van der Waals surface area (Å²) in [5.74, 6) is -0.463. The number of alkyl carbamates (subject to hydrolysis) is 1. The third kappa shape index (κ3) is 4.42. The molecule has 1 rings (SSSR count). The average molecular weight is 239 g/mol. The zero-order valence-electron chi connectivity index (χ0n) is 9.30. The first kappa shape index (κ1) is 12.8. The second-order valence-corrected chi connectivity index (χ2v) is 3.07. The standard InChI is InChI=1S/C11H13NO5/c1-12-11(15)17-7-6-16-10(14)8-2-4-9(13)5-3-8/h2-5,13H,6-7H2,1H3,(H,12,15). The number of hydrogen-bond donors (Lipinski definition) is 2. The number of ether oxygens (including phenoxy) is 2.